The molecule has 0 radical (unpaired) electrons. The molecule has 0 N–H and O–H groups in total. The van der Waals surface area contributed by atoms with Crippen molar-refractivity contribution in [2.24, 2.45) is 0 Å². The largest absolute Gasteiger partial charge is 0.421 e. The Balaban J connectivity index is -0.0000000236. The van der Waals surface area contributed by atoms with Crippen LogP contribution >= 0.6 is 0 Å². The Labute approximate surface area is 202 Å². The van der Waals surface area contributed by atoms with Gasteiger partial charge in [-0.1, -0.05) is 52.0 Å². The molecule has 0 fully saturated rings. The van der Waals surface area contributed by atoms with Gasteiger partial charge in [0.1, 0.15) is 0 Å². The molecule has 0 amide bonds. The second kappa shape index (κ2) is 27.7. The van der Waals surface area contributed by atoms with Crippen LogP contribution in [-0.2, 0) is 17.7 Å². The van der Waals surface area contributed by atoms with E-state index < -0.39 is 33.3 Å². The first-order chi connectivity index (χ1) is 9.95. The van der Waals surface area contributed by atoms with Gasteiger partial charge in [-0.25, -0.2) is 0 Å². The van der Waals surface area contributed by atoms with E-state index in [1.807, 2.05) is 14.2 Å². The van der Waals surface area contributed by atoms with Gasteiger partial charge in [-0.3, -0.25) is 0 Å². The van der Waals surface area contributed by atoms with Crippen molar-refractivity contribution in [2.45, 2.75) is 123 Å². The third-order valence-corrected chi connectivity index (χ3v) is 14.7. The second-order valence-corrected chi connectivity index (χ2v) is 27.3. The molecule has 0 bridgehead atoms. The molecule has 200 valence electrons. The molecule has 30 heavy (non-hydrogen) atoms. The molecule has 0 aliphatic rings. The van der Waals surface area contributed by atoms with Crippen molar-refractivity contribution >= 4 is 33.3 Å². The standard InChI is InChI=1S/C7H20O2Si2.2C4H12OSi.7CH4/c1-8-10(3,4)7-11(5,6)9-2;2*1-5-6(2,3)4;;;;;;;/h7H2,1-6H3;2*1-4H3;7*1H4. The fraction of sp³-hybridized carbons (Fsp3) is 1.00. The molecule has 0 aromatic rings. The highest BCUT2D eigenvalue weighted by Gasteiger charge is 2.33. The maximum absolute atomic E-state index is 5.47. The molecule has 0 saturated heterocycles. The fourth-order valence-electron chi connectivity index (χ4n) is 1.17. The zero-order valence-electron chi connectivity index (χ0n) is 18.3. The maximum atomic E-state index is 5.47. The summed E-state index contributed by atoms with van der Waals surface area (Å²) in [4.78, 5) is 0. The average molecular weight is 513 g/mol. The summed E-state index contributed by atoms with van der Waals surface area (Å²) in [5.74, 6) is 0. The second-order valence-electron chi connectivity index (χ2n) is 8.74. The van der Waals surface area contributed by atoms with E-state index in [4.69, 9.17) is 17.7 Å². The van der Waals surface area contributed by atoms with E-state index in [9.17, 15) is 0 Å². The lowest BCUT2D eigenvalue weighted by molar-refractivity contribution is 0.388. The van der Waals surface area contributed by atoms with Crippen LogP contribution in [0.4, 0.5) is 0 Å². The Kier molecular flexibility index (Phi) is 58.4. The normalized spacial score (nSPS) is 9.80. The predicted molar refractivity (Wildman–Crippen MR) is 162 cm³/mol. The first kappa shape index (κ1) is 63.2. The first-order valence-electron chi connectivity index (χ1n) is 8.16. The summed E-state index contributed by atoms with van der Waals surface area (Å²) < 4.78 is 21.1. The summed E-state index contributed by atoms with van der Waals surface area (Å²) in [7, 11) is 2.11. The highest BCUT2D eigenvalue weighted by molar-refractivity contribution is 6.89. The molecule has 0 spiro atoms. The van der Waals surface area contributed by atoms with Crippen molar-refractivity contribution in [3.05, 3.63) is 0 Å². The Morgan fingerprint density at radius 3 is 0.567 bits per heavy atom. The molecule has 0 unspecified atom stereocenters. The van der Waals surface area contributed by atoms with Crippen LogP contribution in [0.3, 0.4) is 0 Å². The number of rotatable bonds is 6. The molecule has 0 aliphatic carbocycles. The van der Waals surface area contributed by atoms with Crippen molar-refractivity contribution in [1.29, 1.82) is 0 Å². The lowest BCUT2D eigenvalue weighted by Gasteiger charge is -2.28. The molecule has 0 aromatic heterocycles. The highest BCUT2D eigenvalue weighted by atomic mass is 28.4. The molecule has 8 heteroatoms. The molecule has 0 atom stereocenters. The van der Waals surface area contributed by atoms with Crippen LogP contribution in [-0.4, -0.2) is 61.7 Å². The molecule has 0 rings (SSSR count). The number of hydrogen-bond acceptors (Lipinski definition) is 4. The molecular weight excluding hydrogens is 441 g/mol. The molecular formula is C22H72O4Si4. The third-order valence-electron chi connectivity index (χ3n) is 3.18. The minimum atomic E-state index is -1.40. The lowest BCUT2D eigenvalue weighted by atomic mass is 11.7. The van der Waals surface area contributed by atoms with Gasteiger partial charge >= 0.3 is 0 Å². The van der Waals surface area contributed by atoms with Gasteiger partial charge in [0.05, 0.1) is 0 Å². The first-order valence-corrected chi connectivity index (χ1v) is 21.2. The minimum Gasteiger partial charge on any atom is -0.421 e. The van der Waals surface area contributed by atoms with Crippen molar-refractivity contribution in [3.8, 4) is 0 Å². The Bertz CT molecular complexity index is 260. The summed E-state index contributed by atoms with van der Waals surface area (Å²) in [5.41, 5.74) is 1.17. The summed E-state index contributed by atoms with van der Waals surface area (Å²) in [6.07, 6.45) is 0. The average Bonchev–Trinajstić information content (AvgIpc) is 2.37. The van der Waals surface area contributed by atoms with Crippen LogP contribution in [0, 0.1) is 0 Å². The van der Waals surface area contributed by atoms with E-state index in [-0.39, 0.29) is 52.0 Å². The van der Waals surface area contributed by atoms with E-state index >= 15 is 0 Å². The monoisotopic (exact) mass is 512 g/mol. The van der Waals surface area contributed by atoms with Crippen LogP contribution in [0.5, 0.6) is 0 Å². The van der Waals surface area contributed by atoms with Crippen molar-refractivity contribution < 1.29 is 17.7 Å². The van der Waals surface area contributed by atoms with E-state index in [2.05, 4.69) is 65.5 Å². The Morgan fingerprint density at radius 2 is 0.500 bits per heavy atom. The van der Waals surface area contributed by atoms with Gasteiger partial charge < -0.3 is 17.7 Å². The van der Waals surface area contributed by atoms with Gasteiger partial charge in [0.2, 0.25) is 0 Å². The Morgan fingerprint density at radius 1 is 0.367 bits per heavy atom. The minimum absolute atomic E-state index is 0. The van der Waals surface area contributed by atoms with E-state index in [0.717, 1.165) is 0 Å². The van der Waals surface area contributed by atoms with Crippen LogP contribution in [0.1, 0.15) is 52.0 Å². The molecule has 0 saturated carbocycles. The van der Waals surface area contributed by atoms with E-state index in [0.29, 0.717) is 0 Å². The van der Waals surface area contributed by atoms with Gasteiger partial charge in [-0.2, -0.15) is 0 Å². The summed E-state index contributed by atoms with van der Waals surface area (Å²) in [6.45, 7) is 21.9. The highest BCUT2D eigenvalue weighted by Crippen LogP contribution is 2.20. The van der Waals surface area contributed by atoms with Crippen molar-refractivity contribution in [3.63, 3.8) is 0 Å². The zero-order chi connectivity index (χ0) is 19.5. The third kappa shape index (κ3) is 63.0. The van der Waals surface area contributed by atoms with Crippen LogP contribution in [0.2, 0.25) is 71.1 Å². The van der Waals surface area contributed by atoms with E-state index in [1.54, 1.807) is 14.2 Å². The van der Waals surface area contributed by atoms with E-state index in [1.165, 1.54) is 5.67 Å². The molecule has 0 heterocycles. The van der Waals surface area contributed by atoms with Gasteiger partial charge in [0, 0.05) is 28.4 Å². The molecule has 0 aromatic carbocycles. The van der Waals surface area contributed by atoms with Crippen molar-refractivity contribution in [1.82, 2.24) is 0 Å². The summed E-state index contributed by atoms with van der Waals surface area (Å²) in [5, 5.41) is 0. The van der Waals surface area contributed by atoms with Gasteiger partial charge in [0.25, 0.3) is 0 Å². The zero-order valence-corrected chi connectivity index (χ0v) is 22.3. The van der Waals surface area contributed by atoms with Crippen molar-refractivity contribution in [2.75, 3.05) is 28.4 Å². The van der Waals surface area contributed by atoms with Gasteiger partial charge in [-0.15, -0.1) is 0 Å². The topological polar surface area (TPSA) is 36.9 Å². The maximum Gasteiger partial charge on any atom is 0.185 e. The lowest BCUT2D eigenvalue weighted by Crippen LogP contribution is -2.42. The molecule has 4 nitrogen and oxygen atoms in total. The molecule has 0 aliphatic heterocycles. The summed E-state index contributed by atoms with van der Waals surface area (Å²) in [6, 6.07) is 0. The van der Waals surface area contributed by atoms with Gasteiger partial charge in [-0.05, 0) is 71.1 Å². The van der Waals surface area contributed by atoms with Crippen LogP contribution in [0.15, 0.2) is 0 Å². The number of hydrogen-bond donors (Lipinski definition) is 0. The fourth-order valence-corrected chi connectivity index (χ4v) is 10.5. The smallest absolute Gasteiger partial charge is 0.185 e. The van der Waals surface area contributed by atoms with Crippen LogP contribution in [0.25, 0.3) is 0 Å². The van der Waals surface area contributed by atoms with Gasteiger partial charge in [0.15, 0.2) is 33.3 Å². The summed E-state index contributed by atoms with van der Waals surface area (Å²) >= 11 is 0. The SMILES string of the molecule is C.C.C.C.C.C.C.CO[Si](C)(C)C.CO[Si](C)(C)C.CO[Si](C)(C)C[Si](C)(C)OC. The predicted octanol–water partition coefficient (Wildman–Crippen LogP) is 9.62. The van der Waals surface area contributed by atoms with Crippen LogP contribution < -0.4 is 0 Å². The quantitative estimate of drug-likeness (QED) is 0.332. The Hall–Kier alpha value is 0.708.